The molecule has 0 aliphatic heterocycles. The first-order chi connectivity index (χ1) is 13.9. The summed E-state index contributed by atoms with van der Waals surface area (Å²) in [5, 5.41) is 8.01. The van der Waals surface area contributed by atoms with Gasteiger partial charge in [0.25, 0.3) is 11.8 Å². The SMILES string of the molecule is CCC(=O)NCCNC(=O)c1ccc(NC(=O)C(C)Oc2ccccc2F)cc1. The molecule has 2 rings (SSSR count). The zero-order chi connectivity index (χ0) is 21.2. The van der Waals surface area contributed by atoms with E-state index in [4.69, 9.17) is 4.74 Å². The Hall–Kier alpha value is -3.42. The molecule has 0 saturated heterocycles. The Labute approximate surface area is 168 Å². The number of amides is 3. The maximum Gasteiger partial charge on any atom is 0.265 e. The fraction of sp³-hybridized carbons (Fsp3) is 0.286. The van der Waals surface area contributed by atoms with Crippen molar-refractivity contribution < 1.29 is 23.5 Å². The molecule has 1 unspecified atom stereocenters. The molecule has 0 heterocycles. The van der Waals surface area contributed by atoms with Crippen molar-refractivity contribution in [3.05, 3.63) is 59.9 Å². The standard InChI is InChI=1S/C21H24FN3O4/c1-3-19(26)23-12-13-24-21(28)15-8-10-16(11-9-15)25-20(27)14(2)29-18-7-5-4-6-17(18)22/h4-11,14H,3,12-13H2,1-2H3,(H,23,26)(H,24,28)(H,25,27). The van der Waals surface area contributed by atoms with Crippen LogP contribution in [0.2, 0.25) is 0 Å². The van der Waals surface area contributed by atoms with E-state index in [1.54, 1.807) is 37.3 Å². The smallest absolute Gasteiger partial charge is 0.265 e. The van der Waals surface area contributed by atoms with Gasteiger partial charge in [-0.15, -0.1) is 0 Å². The number of carbonyl (C=O) groups is 3. The first-order valence-electron chi connectivity index (χ1n) is 9.27. The van der Waals surface area contributed by atoms with Gasteiger partial charge in [0.05, 0.1) is 0 Å². The van der Waals surface area contributed by atoms with E-state index in [1.807, 2.05) is 0 Å². The third kappa shape index (κ3) is 6.91. The van der Waals surface area contributed by atoms with E-state index in [-0.39, 0.29) is 17.6 Å². The van der Waals surface area contributed by atoms with Crippen LogP contribution in [-0.2, 0) is 9.59 Å². The van der Waals surface area contributed by atoms with Gasteiger partial charge < -0.3 is 20.7 Å². The van der Waals surface area contributed by atoms with Gasteiger partial charge in [-0.2, -0.15) is 0 Å². The lowest BCUT2D eigenvalue weighted by Gasteiger charge is -2.15. The molecule has 0 aliphatic rings. The highest BCUT2D eigenvalue weighted by Crippen LogP contribution is 2.18. The highest BCUT2D eigenvalue weighted by molar-refractivity contribution is 5.96. The summed E-state index contributed by atoms with van der Waals surface area (Å²) in [6.07, 6.45) is -0.515. The van der Waals surface area contributed by atoms with E-state index in [1.165, 1.54) is 25.1 Å². The average molecular weight is 401 g/mol. The highest BCUT2D eigenvalue weighted by Gasteiger charge is 2.17. The predicted molar refractivity (Wildman–Crippen MR) is 107 cm³/mol. The Morgan fingerprint density at radius 1 is 1.00 bits per heavy atom. The Balaban J connectivity index is 1.83. The number of ether oxygens (including phenoxy) is 1. The Morgan fingerprint density at radius 2 is 1.66 bits per heavy atom. The molecule has 0 aliphatic carbocycles. The molecule has 0 spiro atoms. The minimum atomic E-state index is -0.909. The maximum absolute atomic E-state index is 13.6. The maximum atomic E-state index is 13.6. The summed E-state index contributed by atoms with van der Waals surface area (Å²) < 4.78 is 19.0. The lowest BCUT2D eigenvalue weighted by molar-refractivity contribution is -0.122. The van der Waals surface area contributed by atoms with Gasteiger partial charge in [0, 0.05) is 30.8 Å². The van der Waals surface area contributed by atoms with Crippen LogP contribution in [0.3, 0.4) is 0 Å². The van der Waals surface area contributed by atoms with Gasteiger partial charge in [0.15, 0.2) is 17.7 Å². The number of carbonyl (C=O) groups excluding carboxylic acids is 3. The monoisotopic (exact) mass is 401 g/mol. The van der Waals surface area contributed by atoms with Crippen LogP contribution in [-0.4, -0.2) is 36.9 Å². The van der Waals surface area contributed by atoms with E-state index in [2.05, 4.69) is 16.0 Å². The van der Waals surface area contributed by atoms with E-state index < -0.39 is 17.8 Å². The van der Waals surface area contributed by atoms with Gasteiger partial charge in [-0.25, -0.2) is 4.39 Å². The minimum absolute atomic E-state index is 0.00250. The fourth-order valence-corrected chi connectivity index (χ4v) is 2.34. The normalized spacial score (nSPS) is 11.3. The van der Waals surface area contributed by atoms with Crippen LogP contribution in [0.5, 0.6) is 5.75 Å². The number of hydrogen-bond donors (Lipinski definition) is 3. The molecular weight excluding hydrogens is 377 g/mol. The lowest BCUT2D eigenvalue weighted by atomic mass is 10.2. The molecule has 1 atom stereocenters. The van der Waals surface area contributed by atoms with Crippen LogP contribution in [0, 0.1) is 5.82 Å². The molecule has 2 aromatic rings. The van der Waals surface area contributed by atoms with Crippen molar-refractivity contribution in [3.8, 4) is 5.75 Å². The van der Waals surface area contributed by atoms with Crippen molar-refractivity contribution in [3.63, 3.8) is 0 Å². The van der Waals surface area contributed by atoms with Crippen LogP contribution in [0.4, 0.5) is 10.1 Å². The van der Waals surface area contributed by atoms with Crippen molar-refractivity contribution >= 4 is 23.4 Å². The molecule has 3 amide bonds. The summed E-state index contributed by atoms with van der Waals surface area (Å²) >= 11 is 0. The zero-order valence-electron chi connectivity index (χ0n) is 16.3. The second-order valence-electron chi connectivity index (χ2n) is 6.22. The van der Waals surface area contributed by atoms with Crippen LogP contribution in [0.25, 0.3) is 0 Å². The van der Waals surface area contributed by atoms with Crippen LogP contribution in [0.15, 0.2) is 48.5 Å². The second-order valence-corrected chi connectivity index (χ2v) is 6.22. The van der Waals surface area contributed by atoms with Crippen LogP contribution >= 0.6 is 0 Å². The first kappa shape index (κ1) is 21.9. The van der Waals surface area contributed by atoms with Gasteiger partial charge in [-0.1, -0.05) is 19.1 Å². The van der Waals surface area contributed by atoms with Crippen molar-refractivity contribution in [2.75, 3.05) is 18.4 Å². The summed E-state index contributed by atoms with van der Waals surface area (Å²) in [6.45, 7) is 3.93. The first-order valence-corrected chi connectivity index (χ1v) is 9.27. The van der Waals surface area contributed by atoms with Gasteiger partial charge in [-0.05, 0) is 43.3 Å². The number of benzene rings is 2. The van der Waals surface area contributed by atoms with Crippen molar-refractivity contribution in [2.24, 2.45) is 0 Å². The minimum Gasteiger partial charge on any atom is -0.478 e. The largest absolute Gasteiger partial charge is 0.478 e. The van der Waals surface area contributed by atoms with Gasteiger partial charge in [0.1, 0.15) is 0 Å². The summed E-state index contributed by atoms with van der Waals surface area (Å²) in [7, 11) is 0. The van der Waals surface area contributed by atoms with Gasteiger partial charge in [-0.3, -0.25) is 14.4 Å². The molecule has 29 heavy (non-hydrogen) atoms. The molecule has 0 bridgehead atoms. The number of halogens is 1. The van der Waals surface area contributed by atoms with Crippen molar-refractivity contribution in [1.82, 2.24) is 10.6 Å². The summed E-state index contributed by atoms with van der Waals surface area (Å²) in [4.78, 5) is 35.4. The number of anilines is 1. The molecule has 0 aromatic heterocycles. The fourth-order valence-electron chi connectivity index (χ4n) is 2.34. The molecule has 0 saturated carbocycles. The number of hydrogen-bond acceptors (Lipinski definition) is 4. The molecule has 2 aromatic carbocycles. The van der Waals surface area contributed by atoms with Crippen molar-refractivity contribution in [2.45, 2.75) is 26.4 Å². The van der Waals surface area contributed by atoms with Crippen molar-refractivity contribution in [1.29, 1.82) is 0 Å². The van der Waals surface area contributed by atoms with Gasteiger partial charge >= 0.3 is 0 Å². The topological polar surface area (TPSA) is 96.5 Å². The summed E-state index contributed by atoms with van der Waals surface area (Å²) in [6, 6.07) is 12.1. The molecule has 7 nitrogen and oxygen atoms in total. The number of nitrogens with one attached hydrogen (secondary N) is 3. The quantitative estimate of drug-likeness (QED) is 0.563. The number of rotatable bonds is 9. The Bertz CT molecular complexity index is 855. The summed E-state index contributed by atoms with van der Waals surface area (Å²) in [5.41, 5.74) is 0.895. The van der Waals surface area contributed by atoms with E-state index in [9.17, 15) is 18.8 Å². The summed E-state index contributed by atoms with van der Waals surface area (Å²) in [5.74, 6) is -1.36. The van der Waals surface area contributed by atoms with E-state index in [0.29, 0.717) is 30.8 Å². The third-order valence-electron chi connectivity index (χ3n) is 3.98. The number of para-hydroxylation sites is 1. The Kier molecular flexibility index (Phi) is 8.14. The van der Waals surface area contributed by atoms with E-state index >= 15 is 0 Å². The Morgan fingerprint density at radius 3 is 2.31 bits per heavy atom. The van der Waals surface area contributed by atoms with E-state index in [0.717, 1.165) is 0 Å². The van der Waals surface area contributed by atoms with Crippen LogP contribution < -0.4 is 20.7 Å². The highest BCUT2D eigenvalue weighted by atomic mass is 19.1. The predicted octanol–water partition coefficient (Wildman–Crippen LogP) is 2.49. The lowest BCUT2D eigenvalue weighted by Crippen LogP contribution is -2.34. The molecule has 8 heteroatoms. The second kappa shape index (κ2) is 10.8. The molecule has 0 radical (unpaired) electrons. The molecular formula is C21H24FN3O4. The molecule has 0 fully saturated rings. The van der Waals surface area contributed by atoms with Crippen LogP contribution in [0.1, 0.15) is 30.6 Å². The third-order valence-corrected chi connectivity index (χ3v) is 3.98. The zero-order valence-corrected chi connectivity index (χ0v) is 16.3. The molecule has 154 valence electrons. The molecule has 3 N–H and O–H groups in total. The van der Waals surface area contributed by atoms with Gasteiger partial charge in [0.2, 0.25) is 5.91 Å². The average Bonchev–Trinajstić information content (AvgIpc) is 2.72.